The average molecular weight is 262 g/mol. The van der Waals surface area contributed by atoms with Crippen molar-refractivity contribution in [2.24, 2.45) is 5.92 Å². The highest BCUT2D eigenvalue weighted by atomic mass is 79.9. The van der Waals surface area contributed by atoms with E-state index in [1.54, 1.807) is 0 Å². The second-order valence-corrected chi connectivity index (χ2v) is 5.67. The lowest BCUT2D eigenvalue weighted by atomic mass is 9.79. The van der Waals surface area contributed by atoms with E-state index in [9.17, 15) is 5.11 Å². The maximum Gasteiger partial charge on any atom is 0.0774 e. The number of rotatable bonds is 4. The smallest absolute Gasteiger partial charge is 0.0774 e. The Hall–Kier alpha value is 0.140. The molecule has 3 heteroatoms. The predicted octanol–water partition coefficient (Wildman–Crippen LogP) is 2.43. The Bertz CT molecular complexity index is 207. The molecule has 14 heavy (non-hydrogen) atoms. The van der Waals surface area contributed by atoms with E-state index in [4.69, 9.17) is 0 Å². The quantitative estimate of drug-likeness (QED) is 0.815. The molecule has 0 aliphatic heterocycles. The SMILES string of the molecule is C=C(Br)CNCC1(O)CCCC(C)C1. The molecule has 2 unspecified atom stereocenters. The highest BCUT2D eigenvalue weighted by Gasteiger charge is 2.31. The van der Waals surface area contributed by atoms with E-state index in [1.807, 2.05) is 0 Å². The topological polar surface area (TPSA) is 32.3 Å². The molecule has 1 saturated carbocycles. The van der Waals surface area contributed by atoms with Gasteiger partial charge in [0.15, 0.2) is 0 Å². The summed E-state index contributed by atoms with van der Waals surface area (Å²) in [5, 5.41) is 13.5. The van der Waals surface area contributed by atoms with Crippen molar-refractivity contribution in [2.75, 3.05) is 13.1 Å². The van der Waals surface area contributed by atoms with Crippen molar-refractivity contribution in [3.63, 3.8) is 0 Å². The Morgan fingerprint density at radius 1 is 1.71 bits per heavy atom. The Morgan fingerprint density at radius 2 is 2.43 bits per heavy atom. The van der Waals surface area contributed by atoms with Gasteiger partial charge in [0.25, 0.3) is 0 Å². The Morgan fingerprint density at radius 3 is 3.00 bits per heavy atom. The van der Waals surface area contributed by atoms with Crippen LogP contribution in [0.1, 0.15) is 32.6 Å². The van der Waals surface area contributed by atoms with E-state index >= 15 is 0 Å². The number of hydrogen-bond acceptors (Lipinski definition) is 2. The van der Waals surface area contributed by atoms with Crippen LogP contribution in [0.25, 0.3) is 0 Å². The first-order valence-electron chi connectivity index (χ1n) is 5.28. The largest absolute Gasteiger partial charge is 0.389 e. The number of nitrogens with one attached hydrogen (secondary N) is 1. The molecule has 1 rings (SSSR count). The van der Waals surface area contributed by atoms with Crippen LogP contribution in [0.2, 0.25) is 0 Å². The van der Waals surface area contributed by atoms with Gasteiger partial charge < -0.3 is 10.4 Å². The molecule has 1 aliphatic rings. The lowest BCUT2D eigenvalue weighted by Crippen LogP contribution is -2.44. The van der Waals surface area contributed by atoms with Crippen LogP contribution in [0.4, 0.5) is 0 Å². The van der Waals surface area contributed by atoms with Gasteiger partial charge in [-0.25, -0.2) is 0 Å². The summed E-state index contributed by atoms with van der Waals surface area (Å²) in [7, 11) is 0. The third-order valence-electron chi connectivity index (χ3n) is 2.84. The van der Waals surface area contributed by atoms with E-state index in [2.05, 4.69) is 34.7 Å². The molecule has 0 amide bonds. The average Bonchev–Trinajstić information content (AvgIpc) is 2.01. The maximum atomic E-state index is 10.2. The van der Waals surface area contributed by atoms with Crippen molar-refractivity contribution < 1.29 is 5.11 Å². The van der Waals surface area contributed by atoms with Crippen molar-refractivity contribution >= 4 is 15.9 Å². The summed E-state index contributed by atoms with van der Waals surface area (Å²) in [6.07, 6.45) is 4.26. The molecule has 0 aromatic rings. The molecule has 2 atom stereocenters. The summed E-state index contributed by atoms with van der Waals surface area (Å²) in [5.41, 5.74) is -0.486. The zero-order valence-corrected chi connectivity index (χ0v) is 10.4. The predicted molar refractivity (Wildman–Crippen MR) is 63.5 cm³/mol. The first-order valence-corrected chi connectivity index (χ1v) is 6.07. The zero-order valence-electron chi connectivity index (χ0n) is 8.85. The summed E-state index contributed by atoms with van der Waals surface area (Å²) >= 11 is 3.29. The minimum atomic E-state index is -0.486. The molecule has 0 heterocycles. The number of hydrogen-bond donors (Lipinski definition) is 2. The highest BCUT2D eigenvalue weighted by Crippen LogP contribution is 2.31. The Balaban J connectivity index is 2.29. The molecule has 0 spiro atoms. The third-order valence-corrected chi connectivity index (χ3v) is 3.12. The molecule has 0 saturated heterocycles. The van der Waals surface area contributed by atoms with E-state index in [0.29, 0.717) is 12.5 Å². The first-order chi connectivity index (χ1) is 6.52. The summed E-state index contributed by atoms with van der Waals surface area (Å²) in [4.78, 5) is 0. The van der Waals surface area contributed by atoms with Crippen LogP contribution in [0, 0.1) is 5.92 Å². The van der Waals surface area contributed by atoms with Gasteiger partial charge in [-0.2, -0.15) is 0 Å². The molecular weight excluding hydrogens is 242 g/mol. The molecule has 2 N–H and O–H groups in total. The van der Waals surface area contributed by atoms with Crippen LogP contribution in [0.15, 0.2) is 11.1 Å². The van der Waals surface area contributed by atoms with Crippen molar-refractivity contribution in [1.82, 2.24) is 5.32 Å². The van der Waals surface area contributed by atoms with Gasteiger partial charge in [0.1, 0.15) is 0 Å². The van der Waals surface area contributed by atoms with E-state index in [-0.39, 0.29) is 0 Å². The van der Waals surface area contributed by atoms with Crippen LogP contribution < -0.4 is 5.32 Å². The van der Waals surface area contributed by atoms with Gasteiger partial charge in [-0.1, -0.05) is 42.3 Å². The van der Waals surface area contributed by atoms with Gasteiger partial charge in [-0.3, -0.25) is 0 Å². The fourth-order valence-corrected chi connectivity index (χ4v) is 2.42. The van der Waals surface area contributed by atoms with Gasteiger partial charge in [0, 0.05) is 17.6 Å². The summed E-state index contributed by atoms with van der Waals surface area (Å²) in [5.74, 6) is 0.655. The highest BCUT2D eigenvalue weighted by molar-refractivity contribution is 9.11. The van der Waals surface area contributed by atoms with Crippen LogP contribution >= 0.6 is 15.9 Å². The molecule has 0 aromatic heterocycles. The fraction of sp³-hybridized carbons (Fsp3) is 0.818. The van der Waals surface area contributed by atoms with Crippen LogP contribution in [0.5, 0.6) is 0 Å². The van der Waals surface area contributed by atoms with Crippen LogP contribution in [-0.4, -0.2) is 23.8 Å². The van der Waals surface area contributed by atoms with Gasteiger partial charge in [-0.15, -0.1) is 0 Å². The van der Waals surface area contributed by atoms with Crippen LogP contribution in [-0.2, 0) is 0 Å². The second-order valence-electron chi connectivity index (χ2n) is 4.55. The summed E-state index contributed by atoms with van der Waals surface area (Å²) in [6, 6.07) is 0. The zero-order chi connectivity index (χ0) is 10.6. The van der Waals surface area contributed by atoms with Crippen LogP contribution in [0.3, 0.4) is 0 Å². The maximum absolute atomic E-state index is 10.2. The Labute approximate surface area is 94.9 Å². The lowest BCUT2D eigenvalue weighted by Gasteiger charge is -2.35. The minimum absolute atomic E-state index is 0.486. The minimum Gasteiger partial charge on any atom is -0.389 e. The molecular formula is C11H20BrNO. The lowest BCUT2D eigenvalue weighted by molar-refractivity contribution is -0.0109. The second kappa shape index (κ2) is 5.29. The van der Waals surface area contributed by atoms with Gasteiger partial charge in [-0.05, 0) is 18.8 Å². The fourth-order valence-electron chi connectivity index (χ4n) is 2.22. The van der Waals surface area contributed by atoms with Crippen molar-refractivity contribution in [3.05, 3.63) is 11.1 Å². The molecule has 2 nitrogen and oxygen atoms in total. The normalized spacial score (nSPS) is 32.9. The van der Waals surface area contributed by atoms with Crippen molar-refractivity contribution in [1.29, 1.82) is 0 Å². The number of aliphatic hydroxyl groups is 1. The molecule has 0 radical (unpaired) electrons. The summed E-state index contributed by atoms with van der Waals surface area (Å²) in [6.45, 7) is 7.38. The number of halogens is 1. The van der Waals surface area contributed by atoms with Gasteiger partial charge in [0.05, 0.1) is 5.60 Å². The molecule has 0 aromatic carbocycles. The molecule has 1 aliphatic carbocycles. The van der Waals surface area contributed by atoms with Gasteiger partial charge in [0.2, 0.25) is 0 Å². The third kappa shape index (κ3) is 4.11. The van der Waals surface area contributed by atoms with Gasteiger partial charge >= 0.3 is 0 Å². The Kier molecular flexibility index (Phi) is 4.61. The first kappa shape index (κ1) is 12.2. The molecule has 0 bridgehead atoms. The monoisotopic (exact) mass is 261 g/mol. The molecule has 82 valence electrons. The molecule has 1 fully saturated rings. The van der Waals surface area contributed by atoms with E-state index < -0.39 is 5.60 Å². The standard InChI is InChI=1S/C11H20BrNO/c1-9-4-3-5-11(14,6-9)8-13-7-10(2)12/h9,13-14H,2-8H2,1H3. The summed E-state index contributed by atoms with van der Waals surface area (Å²) < 4.78 is 0.935. The van der Waals surface area contributed by atoms with E-state index in [1.165, 1.54) is 6.42 Å². The van der Waals surface area contributed by atoms with Crippen molar-refractivity contribution in [2.45, 2.75) is 38.2 Å². The van der Waals surface area contributed by atoms with Crippen molar-refractivity contribution in [3.8, 4) is 0 Å². The van der Waals surface area contributed by atoms with E-state index in [0.717, 1.165) is 30.3 Å².